The number of nitrogens with zero attached hydrogens (tertiary/aromatic N) is 1. The highest BCUT2D eigenvalue weighted by molar-refractivity contribution is 5.81. The van der Waals surface area contributed by atoms with Gasteiger partial charge in [0.25, 0.3) is 0 Å². The van der Waals surface area contributed by atoms with Crippen molar-refractivity contribution in [1.29, 1.82) is 0 Å². The van der Waals surface area contributed by atoms with Crippen LogP contribution in [0.4, 0.5) is 0 Å². The molecule has 0 atom stereocenters. The SMILES string of the molecule is COc1ccccc1Cn1c(=O)[nH]c2c(O)cccc21. The average molecular weight is 270 g/mol. The molecule has 0 saturated carbocycles. The van der Waals surface area contributed by atoms with Crippen molar-refractivity contribution in [3.05, 3.63) is 58.5 Å². The van der Waals surface area contributed by atoms with Crippen molar-refractivity contribution in [3.63, 3.8) is 0 Å². The number of ether oxygens (including phenoxy) is 1. The maximum Gasteiger partial charge on any atom is 0.326 e. The van der Waals surface area contributed by atoms with E-state index >= 15 is 0 Å². The van der Waals surface area contributed by atoms with Crippen molar-refractivity contribution in [2.24, 2.45) is 0 Å². The quantitative estimate of drug-likeness (QED) is 0.765. The Morgan fingerprint density at radius 3 is 2.80 bits per heavy atom. The Hall–Kier alpha value is -2.69. The average Bonchev–Trinajstić information content (AvgIpc) is 2.78. The van der Waals surface area contributed by atoms with Gasteiger partial charge in [-0.3, -0.25) is 4.57 Å². The lowest BCUT2D eigenvalue weighted by Gasteiger charge is -2.09. The second-order valence-corrected chi connectivity index (χ2v) is 4.50. The molecule has 0 aliphatic rings. The lowest BCUT2D eigenvalue weighted by atomic mass is 10.2. The van der Waals surface area contributed by atoms with Gasteiger partial charge in [0.05, 0.1) is 19.2 Å². The van der Waals surface area contributed by atoms with Crippen molar-refractivity contribution >= 4 is 11.0 Å². The van der Waals surface area contributed by atoms with E-state index in [2.05, 4.69) is 4.98 Å². The molecule has 20 heavy (non-hydrogen) atoms. The number of phenolic OH excluding ortho intramolecular Hbond substituents is 1. The second-order valence-electron chi connectivity index (χ2n) is 4.50. The normalized spacial score (nSPS) is 10.8. The summed E-state index contributed by atoms with van der Waals surface area (Å²) in [5.41, 5.74) is 1.77. The first-order chi connectivity index (χ1) is 9.70. The molecule has 0 spiro atoms. The predicted octanol–water partition coefficient (Wildman–Crippen LogP) is 2.09. The second kappa shape index (κ2) is 4.77. The zero-order valence-electron chi connectivity index (χ0n) is 11.0. The summed E-state index contributed by atoms with van der Waals surface area (Å²) in [6.45, 7) is 0.381. The Morgan fingerprint density at radius 1 is 1.20 bits per heavy atom. The highest BCUT2D eigenvalue weighted by Gasteiger charge is 2.11. The van der Waals surface area contributed by atoms with Gasteiger partial charge in [0.15, 0.2) is 0 Å². The van der Waals surface area contributed by atoms with E-state index in [1.807, 2.05) is 24.3 Å². The first-order valence-electron chi connectivity index (χ1n) is 6.23. The largest absolute Gasteiger partial charge is 0.506 e. The Balaban J connectivity index is 2.14. The van der Waals surface area contributed by atoms with Crippen LogP contribution < -0.4 is 10.4 Å². The minimum atomic E-state index is -0.257. The Bertz CT molecular complexity index is 817. The number of aromatic amines is 1. The fraction of sp³-hybridized carbons (Fsp3) is 0.133. The Morgan fingerprint density at radius 2 is 2.00 bits per heavy atom. The Labute approximate surface area is 115 Å². The standard InChI is InChI=1S/C15H14N2O3/c1-20-13-8-3-2-5-10(13)9-17-11-6-4-7-12(18)14(11)16-15(17)19/h2-8,18H,9H2,1H3,(H,16,19). The van der Waals surface area contributed by atoms with Crippen LogP contribution in [0.1, 0.15) is 5.56 Å². The van der Waals surface area contributed by atoms with E-state index in [0.717, 1.165) is 11.3 Å². The number of phenols is 1. The van der Waals surface area contributed by atoms with Crippen molar-refractivity contribution in [3.8, 4) is 11.5 Å². The van der Waals surface area contributed by atoms with Crippen LogP contribution >= 0.6 is 0 Å². The molecular formula is C15H14N2O3. The van der Waals surface area contributed by atoms with Gasteiger partial charge in [0.2, 0.25) is 0 Å². The van der Waals surface area contributed by atoms with E-state index in [1.54, 1.807) is 29.9 Å². The number of H-pyrrole nitrogens is 1. The molecule has 1 aromatic heterocycles. The van der Waals surface area contributed by atoms with Crippen LogP contribution in [-0.2, 0) is 6.54 Å². The molecule has 0 radical (unpaired) electrons. The topological polar surface area (TPSA) is 67.2 Å². The minimum absolute atomic E-state index is 0.0679. The molecule has 1 heterocycles. The lowest BCUT2D eigenvalue weighted by Crippen LogP contribution is -2.17. The summed E-state index contributed by atoms with van der Waals surface area (Å²) >= 11 is 0. The minimum Gasteiger partial charge on any atom is -0.506 e. The number of rotatable bonds is 3. The van der Waals surface area contributed by atoms with Gasteiger partial charge in [-0.15, -0.1) is 0 Å². The first kappa shape index (κ1) is 12.3. The third kappa shape index (κ3) is 1.93. The summed E-state index contributed by atoms with van der Waals surface area (Å²) in [5, 5.41) is 9.77. The van der Waals surface area contributed by atoms with Gasteiger partial charge in [-0.2, -0.15) is 0 Å². The third-order valence-electron chi connectivity index (χ3n) is 3.31. The summed E-state index contributed by atoms with van der Waals surface area (Å²) in [4.78, 5) is 14.7. The fourth-order valence-electron chi connectivity index (χ4n) is 2.33. The number of imidazole rings is 1. The van der Waals surface area contributed by atoms with Crippen LogP contribution in [0.5, 0.6) is 11.5 Å². The van der Waals surface area contributed by atoms with Crippen LogP contribution in [-0.4, -0.2) is 21.8 Å². The number of hydrogen-bond donors (Lipinski definition) is 2. The summed E-state index contributed by atoms with van der Waals surface area (Å²) in [7, 11) is 1.60. The molecule has 2 N–H and O–H groups in total. The zero-order chi connectivity index (χ0) is 14.1. The molecule has 2 aromatic carbocycles. The molecule has 3 aromatic rings. The molecule has 0 aliphatic heterocycles. The van der Waals surface area contributed by atoms with E-state index in [4.69, 9.17) is 4.74 Å². The van der Waals surface area contributed by atoms with Gasteiger partial charge >= 0.3 is 5.69 Å². The van der Waals surface area contributed by atoms with E-state index in [9.17, 15) is 9.90 Å². The number of benzene rings is 2. The predicted molar refractivity (Wildman–Crippen MR) is 76.3 cm³/mol. The van der Waals surface area contributed by atoms with E-state index < -0.39 is 0 Å². The molecule has 0 fully saturated rings. The number of methoxy groups -OCH3 is 1. The number of fused-ring (bicyclic) bond motifs is 1. The van der Waals surface area contributed by atoms with Crippen molar-refractivity contribution < 1.29 is 9.84 Å². The van der Waals surface area contributed by atoms with Gasteiger partial charge in [-0.1, -0.05) is 24.3 Å². The van der Waals surface area contributed by atoms with E-state index in [1.165, 1.54) is 0 Å². The fourth-order valence-corrected chi connectivity index (χ4v) is 2.33. The van der Waals surface area contributed by atoms with Crippen molar-refractivity contribution in [2.45, 2.75) is 6.54 Å². The molecule has 0 saturated heterocycles. The van der Waals surface area contributed by atoms with Gasteiger partial charge in [0.1, 0.15) is 17.0 Å². The molecule has 0 amide bonds. The summed E-state index contributed by atoms with van der Waals surface area (Å²) in [5.74, 6) is 0.798. The van der Waals surface area contributed by atoms with Gasteiger partial charge in [-0.25, -0.2) is 4.79 Å². The summed E-state index contributed by atoms with van der Waals surface area (Å²) in [6, 6.07) is 12.6. The zero-order valence-corrected chi connectivity index (χ0v) is 11.0. The van der Waals surface area contributed by atoms with Crippen molar-refractivity contribution in [2.75, 3.05) is 7.11 Å². The highest BCUT2D eigenvalue weighted by atomic mass is 16.5. The van der Waals surface area contributed by atoms with Crippen LogP contribution in [0.2, 0.25) is 0 Å². The van der Waals surface area contributed by atoms with E-state index in [-0.39, 0.29) is 11.4 Å². The lowest BCUT2D eigenvalue weighted by molar-refractivity contribution is 0.408. The number of aromatic hydroxyl groups is 1. The van der Waals surface area contributed by atoms with Crippen LogP contribution in [0, 0.1) is 0 Å². The first-order valence-corrected chi connectivity index (χ1v) is 6.23. The van der Waals surface area contributed by atoms with E-state index in [0.29, 0.717) is 17.6 Å². The number of hydrogen-bond acceptors (Lipinski definition) is 3. The maximum absolute atomic E-state index is 12.1. The van der Waals surface area contributed by atoms with Crippen LogP contribution in [0.15, 0.2) is 47.3 Å². The molecule has 3 rings (SSSR count). The molecule has 0 bridgehead atoms. The molecule has 5 heteroatoms. The summed E-state index contributed by atoms with van der Waals surface area (Å²) < 4.78 is 6.87. The molecule has 102 valence electrons. The molecular weight excluding hydrogens is 256 g/mol. The van der Waals surface area contributed by atoms with Gasteiger partial charge in [0, 0.05) is 5.56 Å². The molecule has 0 aliphatic carbocycles. The van der Waals surface area contributed by atoms with Gasteiger partial charge < -0.3 is 14.8 Å². The highest BCUT2D eigenvalue weighted by Crippen LogP contribution is 2.23. The number of nitrogens with one attached hydrogen (secondary N) is 1. The van der Waals surface area contributed by atoms with Crippen LogP contribution in [0.25, 0.3) is 11.0 Å². The van der Waals surface area contributed by atoms with Gasteiger partial charge in [-0.05, 0) is 18.2 Å². The number of aromatic nitrogens is 2. The molecule has 0 unspecified atom stereocenters. The monoisotopic (exact) mass is 270 g/mol. The maximum atomic E-state index is 12.1. The third-order valence-corrected chi connectivity index (χ3v) is 3.31. The molecule has 5 nitrogen and oxygen atoms in total. The van der Waals surface area contributed by atoms with Crippen molar-refractivity contribution in [1.82, 2.24) is 9.55 Å². The number of para-hydroxylation sites is 2. The summed E-state index contributed by atoms with van der Waals surface area (Å²) in [6.07, 6.45) is 0. The smallest absolute Gasteiger partial charge is 0.326 e. The van der Waals surface area contributed by atoms with Crippen LogP contribution in [0.3, 0.4) is 0 Å². The Kier molecular flexibility index (Phi) is 2.95.